The third kappa shape index (κ3) is 3.90. The molecule has 0 aliphatic carbocycles. The summed E-state index contributed by atoms with van der Waals surface area (Å²) >= 11 is 5.77. The minimum Gasteiger partial charge on any atom is -0.320 e. The van der Waals surface area contributed by atoms with Gasteiger partial charge in [0.25, 0.3) is 5.69 Å². The first kappa shape index (κ1) is 15.4. The van der Waals surface area contributed by atoms with Gasteiger partial charge in [0.15, 0.2) is 0 Å². The smallest absolute Gasteiger partial charge is 0.292 e. The van der Waals surface area contributed by atoms with E-state index in [0.29, 0.717) is 5.02 Å². The number of nitrogens with one attached hydrogen (secondary N) is 1. The number of nitro benzene ring substituents is 1. The van der Waals surface area contributed by atoms with Gasteiger partial charge in [-0.15, -0.1) is 0 Å². The molecule has 0 fully saturated rings. The summed E-state index contributed by atoms with van der Waals surface area (Å²) in [7, 11) is 0. The van der Waals surface area contributed by atoms with Crippen LogP contribution in [-0.4, -0.2) is 16.9 Å². The van der Waals surface area contributed by atoms with E-state index in [1.54, 1.807) is 0 Å². The van der Waals surface area contributed by atoms with Crippen LogP contribution >= 0.6 is 11.6 Å². The van der Waals surface area contributed by atoms with E-state index in [9.17, 15) is 14.9 Å². The molecular weight excluding hydrogens is 270 g/mol. The van der Waals surface area contributed by atoms with E-state index in [2.05, 4.69) is 5.32 Å². The van der Waals surface area contributed by atoms with Crippen LogP contribution in [-0.2, 0) is 4.79 Å². The predicted octanol–water partition coefficient (Wildman–Crippen LogP) is 2.56. The number of anilines is 1. The number of benzene rings is 1. The van der Waals surface area contributed by atoms with E-state index >= 15 is 0 Å². The van der Waals surface area contributed by atoms with E-state index in [0.717, 1.165) is 6.42 Å². The maximum atomic E-state index is 11.9. The van der Waals surface area contributed by atoms with Crippen LogP contribution in [0, 0.1) is 16.0 Å². The Morgan fingerprint density at radius 3 is 2.74 bits per heavy atom. The average Bonchev–Trinajstić information content (AvgIpc) is 2.36. The molecule has 0 saturated heterocycles. The molecule has 104 valence electrons. The summed E-state index contributed by atoms with van der Waals surface area (Å²) in [6.45, 7) is 3.76. The first-order valence-corrected chi connectivity index (χ1v) is 6.25. The number of nitrogens with two attached hydrogens (primary N) is 1. The highest BCUT2D eigenvalue weighted by Gasteiger charge is 2.22. The molecule has 0 aromatic heterocycles. The van der Waals surface area contributed by atoms with Crippen LogP contribution in [0.25, 0.3) is 0 Å². The van der Waals surface area contributed by atoms with Gasteiger partial charge in [-0.25, -0.2) is 0 Å². The molecule has 0 spiro atoms. The molecule has 3 N–H and O–H groups in total. The normalized spacial score (nSPS) is 13.7. The predicted molar refractivity (Wildman–Crippen MR) is 74.2 cm³/mol. The summed E-state index contributed by atoms with van der Waals surface area (Å²) in [4.78, 5) is 22.2. The van der Waals surface area contributed by atoms with Gasteiger partial charge in [-0.2, -0.15) is 0 Å². The molecule has 0 aliphatic heterocycles. The molecule has 1 rings (SSSR count). The molecule has 7 heteroatoms. The van der Waals surface area contributed by atoms with E-state index in [-0.39, 0.29) is 17.3 Å². The van der Waals surface area contributed by atoms with E-state index < -0.39 is 16.9 Å². The number of nitrogens with zero attached hydrogens (tertiary/aromatic N) is 1. The fourth-order valence-electron chi connectivity index (χ4n) is 1.50. The topological polar surface area (TPSA) is 98.3 Å². The van der Waals surface area contributed by atoms with Gasteiger partial charge in [0.2, 0.25) is 5.91 Å². The van der Waals surface area contributed by atoms with Crippen LogP contribution in [0.3, 0.4) is 0 Å². The molecule has 2 atom stereocenters. The van der Waals surface area contributed by atoms with E-state index in [1.165, 1.54) is 18.2 Å². The maximum Gasteiger partial charge on any atom is 0.292 e. The Morgan fingerprint density at radius 2 is 2.21 bits per heavy atom. The van der Waals surface area contributed by atoms with Crippen molar-refractivity contribution in [2.24, 2.45) is 11.7 Å². The van der Waals surface area contributed by atoms with Gasteiger partial charge in [0.05, 0.1) is 11.0 Å². The number of rotatable bonds is 5. The highest BCUT2D eigenvalue weighted by Crippen LogP contribution is 2.27. The number of carbonyl (C=O) groups excluding carboxylic acids is 1. The first-order valence-electron chi connectivity index (χ1n) is 5.87. The van der Waals surface area contributed by atoms with Crippen molar-refractivity contribution in [3.05, 3.63) is 33.3 Å². The monoisotopic (exact) mass is 285 g/mol. The van der Waals surface area contributed by atoms with Crippen molar-refractivity contribution >= 4 is 28.9 Å². The van der Waals surface area contributed by atoms with Crippen LogP contribution in [0.5, 0.6) is 0 Å². The Morgan fingerprint density at radius 1 is 1.58 bits per heavy atom. The molecular formula is C12H16ClN3O3. The summed E-state index contributed by atoms with van der Waals surface area (Å²) in [6, 6.07) is 3.25. The second-order valence-electron chi connectivity index (χ2n) is 4.32. The number of hydrogen-bond acceptors (Lipinski definition) is 4. The first-order chi connectivity index (χ1) is 8.86. The lowest BCUT2D eigenvalue weighted by atomic mass is 9.99. The zero-order chi connectivity index (χ0) is 14.6. The van der Waals surface area contributed by atoms with Crippen molar-refractivity contribution in [3.63, 3.8) is 0 Å². The van der Waals surface area contributed by atoms with Gasteiger partial charge in [-0.3, -0.25) is 14.9 Å². The number of nitro groups is 1. The second kappa shape index (κ2) is 6.49. The second-order valence-corrected chi connectivity index (χ2v) is 4.76. The molecule has 1 aromatic rings. The number of halogens is 1. The molecule has 1 amide bonds. The fraction of sp³-hybridized carbons (Fsp3) is 0.417. The van der Waals surface area contributed by atoms with Gasteiger partial charge in [0.1, 0.15) is 5.69 Å². The van der Waals surface area contributed by atoms with Crippen molar-refractivity contribution in [2.75, 3.05) is 5.32 Å². The molecule has 0 bridgehead atoms. The van der Waals surface area contributed by atoms with Crippen LogP contribution in [0.15, 0.2) is 18.2 Å². The highest BCUT2D eigenvalue weighted by atomic mass is 35.5. The van der Waals surface area contributed by atoms with Crippen molar-refractivity contribution in [1.82, 2.24) is 0 Å². The minimum atomic E-state index is -0.719. The van der Waals surface area contributed by atoms with Crippen molar-refractivity contribution in [1.29, 1.82) is 0 Å². The summed E-state index contributed by atoms with van der Waals surface area (Å²) in [5.74, 6) is -0.474. The summed E-state index contributed by atoms with van der Waals surface area (Å²) in [5.41, 5.74) is 5.61. The molecule has 0 saturated carbocycles. The lowest BCUT2D eigenvalue weighted by molar-refractivity contribution is -0.383. The van der Waals surface area contributed by atoms with Crippen LogP contribution in [0.4, 0.5) is 11.4 Å². The van der Waals surface area contributed by atoms with Gasteiger partial charge in [0, 0.05) is 11.1 Å². The minimum absolute atomic E-state index is 0.0155. The van der Waals surface area contributed by atoms with Crippen LogP contribution in [0.2, 0.25) is 5.02 Å². The Balaban J connectivity index is 2.95. The summed E-state index contributed by atoms with van der Waals surface area (Å²) in [5, 5.41) is 13.6. The van der Waals surface area contributed by atoms with Gasteiger partial charge < -0.3 is 11.1 Å². The van der Waals surface area contributed by atoms with Crippen LogP contribution < -0.4 is 11.1 Å². The molecule has 0 radical (unpaired) electrons. The third-order valence-corrected chi connectivity index (χ3v) is 3.21. The quantitative estimate of drug-likeness (QED) is 0.641. The molecule has 19 heavy (non-hydrogen) atoms. The van der Waals surface area contributed by atoms with Gasteiger partial charge >= 0.3 is 0 Å². The van der Waals surface area contributed by atoms with Gasteiger partial charge in [-0.1, -0.05) is 31.9 Å². The fourth-order valence-corrected chi connectivity index (χ4v) is 1.67. The molecule has 0 aliphatic rings. The standard InChI is InChI=1S/C12H16ClN3O3/c1-3-7(2)11(14)12(17)15-9-6-8(13)4-5-10(9)16(18)19/h4-7,11H,3,14H2,1-2H3,(H,15,17)/t7-,11-/m0/s1. The molecule has 0 heterocycles. The lowest BCUT2D eigenvalue weighted by Crippen LogP contribution is -2.40. The Labute approximate surface area is 116 Å². The Hall–Kier alpha value is -1.66. The van der Waals surface area contributed by atoms with Crippen molar-refractivity contribution in [3.8, 4) is 0 Å². The zero-order valence-electron chi connectivity index (χ0n) is 10.7. The lowest BCUT2D eigenvalue weighted by Gasteiger charge is -2.17. The van der Waals surface area contributed by atoms with Crippen molar-refractivity contribution in [2.45, 2.75) is 26.3 Å². The average molecular weight is 286 g/mol. The molecule has 1 aromatic carbocycles. The van der Waals surface area contributed by atoms with E-state index in [1.807, 2.05) is 13.8 Å². The maximum absolute atomic E-state index is 11.9. The van der Waals surface area contributed by atoms with Crippen LogP contribution in [0.1, 0.15) is 20.3 Å². The summed E-state index contributed by atoms with van der Waals surface area (Å²) < 4.78 is 0. The van der Waals surface area contributed by atoms with Gasteiger partial charge in [-0.05, 0) is 18.1 Å². The number of carbonyl (C=O) groups is 1. The number of amides is 1. The Kier molecular flexibility index (Phi) is 5.26. The number of hydrogen-bond donors (Lipinski definition) is 2. The Bertz CT molecular complexity index is 493. The largest absolute Gasteiger partial charge is 0.320 e. The SMILES string of the molecule is CC[C@H](C)[C@H](N)C(=O)Nc1cc(Cl)ccc1[N+](=O)[O-]. The molecule has 6 nitrogen and oxygen atoms in total. The van der Waals surface area contributed by atoms with E-state index in [4.69, 9.17) is 17.3 Å². The molecule has 0 unspecified atom stereocenters. The zero-order valence-corrected chi connectivity index (χ0v) is 11.5. The third-order valence-electron chi connectivity index (χ3n) is 2.97. The van der Waals surface area contributed by atoms with Crippen molar-refractivity contribution < 1.29 is 9.72 Å². The highest BCUT2D eigenvalue weighted by molar-refractivity contribution is 6.31. The summed E-state index contributed by atoms with van der Waals surface area (Å²) in [6.07, 6.45) is 0.742.